The predicted molar refractivity (Wildman–Crippen MR) is 52.6 cm³/mol. The molecule has 4 nitrogen and oxygen atoms in total. The summed E-state index contributed by atoms with van der Waals surface area (Å²) in [6.07, 6.45) is 0. The van der Waals surface area contributed by atoms with E-state index in [1.807, 2.05) is 0 Å². The van der Waals surface area contributed by atoms with Crippen molar-refractivity contribution in [2.75, 3.05) is 0 Å². The van der Waals surface area contributed by atoms with Gasteiger partial charge in [-0.2, -0.15) is 0 Å². The van der Waals surface area contributed by atoms with Crippen molar-refractivity contribution in [3.05, 3.63) is 47.5 Å². The summed E-state index contributed by atoms with van der Waals surface area (Å²) in [7, 11) is 0. The molecule has 0 unspecified atom stereocenters. The molecule has 0 aliphatic heterocycles. The van der Waals surface area contributed by atoms with Gasteiger partial charge >= 0.3 is 103 Å². The zero-order valence-corrected chi connectivity index (χ0v) is 16.3. The molecule has 0 bridgehead atoms. The van der Waals surface area contributed by atoms with Gasteiger partial charge in [0.15, 0.2) is 0 Å². The number of carboxylic acid groups (broad SMARTS) is 2. The Labute approximate surface area is 189 Å². The van der Waals surface area contributed by atoms with Gasteiger partial charge < -0.3 is 19.8 Å². The van der Waals surface area contributed by atoms with Crippen molar-refractivity contribution in [2.24, 2.45) is 0 Å². The molecule has 0 heterocycles. The Morgan fingerprint density at radius 2 is 1.11 bits per heavy atom. The third-order valence-electron chi connectivity index (χ3n) is 2.31. The summed E-state index contributed by atoms with van der Waals surface area (Å²) in [5.41, 5.74) is 0.0333. The number of hydrogen-bond donors (Lipinski definition) is 0. The minimum atomic E-state index is -1.29. The normalized spacial score (nSPS) is 9.11. The van der Waals surface area contributed by atoms with Gasteiger partial charge in [-0.3, -0.25) is 0 Å². The number of aromatic carboxylic acids is 2. The number of carbonyl (C=O) groups is 2. The molecule has 0 saturated carbocycles. The molecule has 0 fully saturated rings. The fourth-order valence-corrected chi connectivity index (χ4v) is 1.50. The predicted octanol–water partition coefficient (Wildman–Crippen LogP) is -6.43. The fraction of sp³-hybridized carbons (Fsp3) is 0. The first-order valence-corrected chi connectivity index (χ1v) is 4.54. The monoisotopic (exact) mass is 292 g/mol. The summed E-state index contributed by atoms with van der Waals surface area (Å²) in [4.78, 5) is 21.2. The first-order valence-electron chi connectivity index (χ1n) is 4.54. The van der Waals surface area contributed by atoms with E-state index in [4.69, 9.17) is 0 Å². The molecule has 80 valence electrons. The fourth-order valence-electron chi connectivity index (χ4n) is 1.50. The maximum absolute atomic E-state index is 10.6. The Balaban J connectivity index is 0.00000144. The van der Waals surface area contributed by atoms with Crippen LogP contribution in [-0.2, 0) is 0 Å². The van der Waals surface area contributed by atoms with E-state index in [0.717, 1.165) is 5.39 Å². The Morgan fingerprint density at radius 1 is 0.722 bits per heavy atom. The van der Waals surface area contributed by atoms with Crippen molar-refractivity contribution >= 4 is 22.7 Å². The van der Waals surface area contributed by atoms with Crippen LogP contribution in [0.3, 0.4) is 0 Å². The first kappa shape index (κ1) is 18.9. The molecule has 0 spiro atoms. The second-order valence-corrected chi connectivity index (χ2v) is 3.35. The first-order chi connectivity index (χ1) is 7.58. The Bertz CT molecular complexity index is 547. The van der Waals surface area contributed by atoms with Crippen molar-refractivity contribution < 1.29 is 123 Å². The van der Waals surface area contributed by atoms with Gasteiger partial charge in [0.05, 0.1) is 11.9 Å². The van der Waals surface area contributed by atoms with Crippen molar-refractivity contribution in [1.82, 2.24) is 0 Å². The molecule has 0 amide bonds. The molecule has 0 aliphatic rings. The van der Waals surface area contributed by atoms with Crippen LogP contribution >= 0.6 is 0 Å². The molecule has 0 aromatic heterocycles. The van der Waals surface area contributed by atoms with E-state index in [1.165, 1.54) is 24.3 Å². The molecule has 0 radical (unpaired) electrons. The Morgan fingerprint density at radius 3 is 1.44 bits per heavy atom. The van der Waals surface area contributed by atoms with Crippen LogP contribution in [0.4, 0.5) is 0 Å². The molecule has 0 N–H and O–H groups in total. The van der Waals surface area contributed by atoms with E-state index in [-0.39, 0.29) is 114 Å². The van der Waals surface area contributed by atoms with Gasteiger partial charge in [0, 0.05) is 0 Å². The van der Waals surface area contributed by atoms with Gasteiger partial charge in [0.2, 0.25) is 0 Å². The summed E-state index contributed by atoms with van der Waals surface area (Å²) >= 11 is 0. The van der Waals surface area contributed by atoms with Gasteiger partial charge in [-0.05, 0) is 34.0 Å². The van der Waals surface area contributed by atoms with Gasteiger partial charge in [-0.15, -0.1) is 0 Å². The van der Waals surface area contributed by atoms with E-state index >= 15 is 0 Å². The summed E-state index contributed by atoms with van der Waals surface area (Å²) in [5.74, 6) is -2.58. The average molecular weight is 292 g/mol. The third kappa shape index (κ3) is 4.48. The van der Waals surface area contributed by atoms with E-state index in [1.54, 1.807) is 12.1 Å². The summed E-state index contributed by atoms with van der Waals surface area (Å²) in [6.45, 7) is 0. The Kier molecular flexibility index (Phi) is 8.67. The van der Waals surface area contributed by atoms with Crippen LogP contribution in [0.2, 0.25) is 0 Å². The standard InChI is InChI=1S/C12H8O4.2K/c13-11(14)8-3-1-7-2-4-9(12(15)16)6-10(7)5-8;;/h1-6H,(H,13,14)(H,15,16);;/q;2*+1/p-2. The van der Waals surface area contributed by atoms with E-state index < -0.39 is 11.9 Å². The molecular formula is C12H6K2O4. The van der Waals surface area contributed by atoms with Crippen LogP contribution in [0.5, 0.6) is 0 Å². The number of hydrogen-bond acceptors (Lipinski definition) is 4. The zero-order chi connectivity index (χ0) is 11.7. The number of benzene rings is 2. The maximum Gasteiger partial charge on any atom is 1.00 e. The van der Waals surface area contributed by atoms with Gasteiger partial charge in [-0.25, -0.2) is 0 Å². The summed E-state index contributed by atoms with van der Waals surface area (Å²) < 4.78 is 0. The van der Waals surface area contributed by atoms with Crippen LogP contribution in [0, 0.1) is 0 Å². The van der Waals surface area contributed by atoms with Crippen LogP contribution in [0.15, 0.2) is 36.4 Å². The van der Waals surface area contributed by atoms with E-state index in [2.05, 4.69) is 0 Å². The van der Waals surface area contributed by atoms with E-state index in [9.17, 15) is 19.8 Å². The van der Waals surface area contributed by atoms with Crippen LogP contribution < -0.4 is 113 Å². The molecular weight excluding hydrogens is 286 g/mol. The molecule has 0 saturated heterocycles. The number of rotatable bonds is 2. The van der Waals surface area contributed by atoms with Crippen LogP contribution in [0.25, 0.3) is 10.8 Å². The van der Waals surface area contributed by atoms with Gasteiger partial charge in [-0.1, -0.05) is 24.3 Å². The molecule has 2 rings (SSSR count). The molecule has 2 aromatic carbocycles. The quantitative estimate of drug-likeness (QED) is 0.516. The molecule has 0 aliphatic carbocycles. The van der Waals surface area contributed by atoms with Crippen molar-refractivity contribution in [1.29, 1.82) is 0 Å². The van der Waals surface area contributed by atoms with Crippen LogP contribution in [-0.4, -0.2) is 11.9 Å². The second-order valence-electron chi connectivity index (χ2n) is 3.35. The second kappa shape index (κ2) is 8.26. The van der Waals surface area contributed by atoms with Crippen molar-refractivity contribution in [3.63, 3.8) is 0 Å². The maximum atomic E-state index is 10.6. The largest absolute Gasteiger partial charge is 1.00 e. The number of fused-ring (bicyclic) bond motifs is 1. The van der Waals surface area contributed by atoms with Gasteiger partial charge in [0.25, 0.3) is 0 Å². The number of carboxylic acids is 2. The molecule has 0 atom stereocenters. The minimum Gasteiger partial charge on any atom is -0.545 e. The third-order valence-corrected chi connectivity index (χ3v) is 2.31. The van der Waals surface area contributed by atoms with Gasteiger partial charge in [0.1, 0.15) is 0 Å². The summed E-state index contributed by atoms with van der Waals surface area (Å²) in [5, 5.41) is 22.5. The minimum absolute atomic E-state index is 0. The van der Waals surface area contributed by atoms with Crippen LogP contribution in [0.1, 0.15) is 20.7 Å². The van der Waals surface area contributed by atoms with Crippen molar-refractivity contribution in [2.45, 2.75) is 0 Å². The number of carbonyl (C=O) groups excluding carboxylic acids is 2. The SMILES string of the molecule is O=C([O-])c1ccc2ccc(C(=O)[O-])cc2c1.[K+].[K+]. The van der Waals surface area contributed by atoms with Crippen molar-refractivity contribution in [3.8, 4) is 0 Å². The molecule has 2 aromatic rings. The zero-order valence-electron chi connectivity index (χ0n) is 10.1. The smallest absolute Gasteiger partial charge is 0.545 e. The average Bonchev–Trinajstić information content (AvgIpc) is 2.27. The van der Waals surface area contributed by atoms with E-state index in [0.29, 0.717) is 5.39 Å². The summed E-state index contributed by atoms with van der Waals surface area (Å²) in [6, 6.07) is 8.76. The molecule has 18 heavy (non-hydrogen) atoms. The Hall–Kier alpha value is 0.913. The topological polar surface area (TPSA) is 80.3 Å². The molecule has 6 heteroatoms.